The van der Waals surface area contributed by atoms with Gasteiger partial charge in [0.25, 0.3) is 5.91 Å². The van der Waals surface area contributed by atoms with Gasteiger partial charge in [-0.1, -0.05) is 13.8 Å². The zero-order valence-electron chi connectivity index (χ0n) is 10.8. The zero-order valence-corrected chi connectivity index (χ0v) is 11.6. The first-order valence-electron chi connectivity index (χ1n) is 6.32. The van der Waals surface area contributed by atoms with E-state index in [2.05, 4.69) is 15.5 Å². The predicted molar refractivity (Wildman–Crippen MR) is 74.9 cm³/mol. The lowest BCUT2D eigenvalue weighted by molar-refractivity contribution is 0.0930. The van der Waals surface area contributed by atoms with Crippen LogP contribution in [0.3, 0.4) is 0 Å². The second-order valence-electron chi connectivity index (χ2n) is 4.91. The van der Waals surface area contributed by atoms with Crippen molar-refractivity contribution in [2.24, 2.45) is 0 Å². The van der Waals surface area contributed by atoms with Crippen molar-refractivity contribution in [1.29, 1.82) is 0 Å². The van der Waals surface area contributed by atoms with Gasteiger partial charge in [-0.05, 0) is 30.3 Å². The van der Waals surface area contributed by atoms with Gasteiger partial charge in [0.15, 0.2) is 5.69 Å². The highest BCUT2D eigenvalue weighted by Gasteiger charge is 2.22. The van der Waals surface area contributed by atoms with Gasteiger partial charge in [-0.2, -0.15) is 16.9 Å². The van der Waals surface area contributed by atoms with Gasteiger partial charge in [-0.15, -0.1) is 0 Å². The number of thioether (sulfide) groups is 1. The molecule has 1 aliphatic rings. The van der Waals surface area contributed by atoms with Crippen molar-refractivity contribution < 1.29 is 4.79 Å². The largest absolute Gasteiger partial charge is 0.395 e. The highest BCUT2D eigenvalue weighted by Crippen LogP contribution is 2.23. The van der Waals surface area contributed by atoms with Crippen LogP contribution in [0.1, 0.15) is 48.8 Å². The molecule has 0 radical (unpaired) electrons. The van der Waals surface area contributed by atoms with Gasteiger partial charge in [0.2, 0.25) is 0 Å². The average molecular weight is 268 g/mol. The van der Waals surface area contributed by atoms with Gasteiger partial charge in [0.1, 0.15) is 0 Å². The molecule has 5 nitrogen and oxygen atoms in total. The minimum atomic E-state index is -0.160. The summed E-state index contributed by atoms with van der Waals surface area (Å²) in [6.07, 6.45) is 2.05. The first kappa shape index (κ1) is 13.3. The van der Waals surface area contributed by atoms with Crippen molar-refractivity contribution in [2.45, 2.75) is 38.6 Å². The molecular weight excluding hydrogens is 248 g/mol. The summed E-state index contributed by atoms with van der Waals surface area (Å²) >= 11 is 1.93. The summed E-state index contributed by atoms with van der Waals surface area (Å²) in [5.74, 6) is 2.30. The average Bonchev–Trinajstić information content (AvgIpc) is 2.72. The minimum absolute atomic E-state index is 0.160. The Hall–Kier alpha value is -1.17. The monoisotopic (exact) mass is 268 g/mol. The van der Waals surface area contributed by atoms with Crippen LogP contribution in [0, 0.1) is 0 Å². The Kier molecular flexibility index (Phi) is 4.16. The maximum atomic E-state index is 12.1. The summed E-state index contributed by atoms with van der Waals surface area (Å²) in [6, 6.07) is 0.261. The molecule has 1 aliphatic heterocycles. The fourth-order valence-corrected chi connectivity index (χ4v) is 3.18. The van der Waals surface area contributed by atoms with Crippen molar-refractivity contribution in [1.82, 2.24) is 15.5 Å². The maximum Gasteiger partial charge on any atom is 0.274 e. The molecule has 0 spiro atoms. The lowest BCUT2D eigenvalue weighted by Crippen LogP contribution is -2.37. The van der Waals surface area contributed by atoms with Gasteiger partial charge in [-0.3, -0.25) is 9.89 Å². The number of rotatable bonds is 3. The molecule has 0 saturated carbocycles. The van der Waals surface area contributed by atoms with E-state index < -0.39 is 0 Å². The Morgan fingerprint density at radius 1 is 1.50 bits per heavy atom. The normalized spacial score (nSPS) is 17.1. The van der Waals surface area contributed by atoms with E-state index in [1.165, 1.54) is 0 Å². The smallest absolute Gasteiger partial charge is 0.274 e. The van der Waals surface area contributed by atoms with Crippen LogP contribution in [0.5, 0.6) is 0 Å². The third-order valence-corrected chi connectivity index (χ3v) is 4.23. The van der Waals surface area contributed by atoms with E-state index in [1.807, 2.05) is 25.6 Å². The summed E-state index contributed by atoms with van der Waals surface area (Å²) in [4.78, 5) is 12.1. The lowest BCUT2D eigenvalue weighted by Gasteiger charge is -2.22. The number of carbonyl (C=O) groups is 1. The Balaban J connectivity index is 2.04. The van der Waals surface area contributed by atoms with E-state index in [0.717, 1.165) is 30.0 Å². The van der Waals surface area contributed by atoms with Crippen LogP contribution in [0.25, 0.3) is 0 Å². The summed E-state index contributed by atoms with van der Waals surface area (Å²) in [6.45, 7) is 4.04. The number of nitrogens with two attached hydrogens (primary N) is 1. The Morgan fingerprint density at radius 3 is 2.72 bits per heavy atom. The quantitative estimate of drug-likeness (QED) is 0.779. The number of hydrogen-bond acceptors (Lipinski definition) is 4. The van der Waals surface area contributed by atoms with Crippen LogP contribution in [0.15, 0.2) is 0 Å². The van der Waals surface area contributed by atoms with Crippen LogP contribution in [-0.2, 0) is 0 Å². The van der Waals surface area contributed by atoms with Crippen LogP contribution in [-0.4, -0.2) is 33.7 Å². The van der Waals surface area contributed by atoms with E-state index in [9.17, 15) is 4.79 Å². The molecule has 0 aromatic carbocycles. The molecule has 0 bridgehead atoms. The number of carbonyl (C=O) groups excluding carboxylic acids is 1. The highest BCUT2D eigenvalue weighted by molar-refractivity contribution is 7.99. The number of nitrogens with zero attached hydrogens (tertiary/aromatic N) is 1. The van der Waals surface area contributed by atoms with Gasteiger partial charge >= 0.3 is 0 Å². The van der Waals surface area contributed by atoms with E-state index in [1.54, 1.807) is 0 Å². The van der Waals surface area contributed by atoms with Crippen LogP contribution in [0.4, 0.5) is 5.69 Å². The van der Waals surface area contributed by atoms with Crippen molar-refractivity contribution in [3.05, 3.63) is 11.4 Å². The molecule has 0 unspecified atom stereocenters. The van der Waals surface area contributed by atoms with Crippen molar-refractivity contribution in [2.75, 3.05) is 17.2 Å². The van der Waals surface area contributed by atoms with E-state index in [4.69, 9.17) is 5.73 Å². The Morgan fingerprint density at radius 2 is 2.17 bits per heavy atom. The van der Waals surface area contributed by atoms with Crippen LogP contribution < -0.4 is 11.1 Å². The van der Waals surface area contributed by atoms with Crippen molar-refractivity contribution in [3.63, 3.8) is 0 Å². The molecule has 1 aromatic heterocycles. The zero-order chi connectivity index (χ0) is 13.1. The molecule has 1 amide bonds. The summed E-state index contributed by atoms with van der Waals surface area (Å²) < 4.78 is 0. The molecule has 100 valence electrons. The van der Waals surface area contributed by atoms with Gasteiger partial charge in [0.05, 0.1) is 11.4 Å². The molecule has 1 saturated heterocycles. The fourth-order valence-electron chi connectivity index (χ4n) is 2.07. The topological polar surface area (TPSA) is 83.8 Å². The summed E-state index contributed by atoms with van der Waals surface area (Å²) in [5, 5.41) is 9.90. The maximum absolute atomic E-state index is 12.1. The number of aromatic nitrogens is 2. The van der Waals surface area contributed by atoms with Gasteiger partial charge in [-0.25, -0.2) is 0 Å². The second-order valence-corrected chi connectivity index (χ2v) is 6.14. The van der Waals surface area contributed by atoms with Crippen molar-refractivity contribution >= 4 is 23.4 Å². The fraction of sp³-hybridized carbons (Fsp3) is 0.667. The number of anilines is 1. The van der Waals surface area contributed by atoms with Crippen molar-refractivity contribution in [3.8, 4) is 0 Å². The molecule has 18 heavy (non-hydrogen) atoms. The van der Waals surface area contributed by atoms with Gasteiger partial charge in [0, 0.05) is 6.04 Å². The number of nitrogens with one attached hydrogen (secondary N) is 2. The molecule has 4 N–H and O–H groups in total. The first-order valence-corrected chi connectivity index (χ1v) is 7.47. The molecule has 2 rings (SSSR count). The van der Waals surface area contributed by atoms with Crippen LogP contribution in [0.2, 0.25) is 0 Å². The number of H-pyrrole nitrogens is 1. The number of nitrogen functional groups attached to an aromatic ring is 1. The third kappa shape index (κ3) is 2.80. The lowest BCUT2D eigenvalue weighted by atomic mass is 10.1. The minimum Gasteiger partial charge on any atom is -0.395 e. The van der Waals surface area contributed by atoms with E-state index in [-0.39, 0.29) is 17.9 Å². The third-order valence-electron chi connectivity index (χ3n) is 3.18. The Bertz CT molecular complexity index is 424. The first-order chi connectivity index (χ1) is 8.59. The summed E-state index contributed by atoms with van der Waals surface area (Å²) in [5.41, 5.74) is 7.59. The molecule has 0 atom stereocenters. The van der Waals surface area contributed by atoms with Gasteiger partial charge < -0.3 is 11.1 Å². The number of aromatic amines is 1. The van der Waals surface area contributed by atoms with E-state index >= 15 is 0 Å². The second kappa shape index (κ2) is 5.65. The molecule has 2 heterocycles. The summed E-state index contributed by atoms with van der Waals surface area (Å²) in [7, 11) is 0. The molecule has 0 aliphatic carbocycles. The number of amides is 1. The van der Waals surface area contributed by atoms with Crippen LogP contribution >= 0.6 is 11.8 Å². The molecule has 1 fully saturated rings. The predicted octanol–water partition coefficient (Wildman–Crippen LogP) is 1.74. The molecule has 1 aromatic rings. The molecular formula is C12H20N4OS. The molecule has 6 heteroatoms. The number of hydrogen-bond donors (Lipinski definition) is 3. The Labute approximate surface area is 111 Å². The SMILES string of the molecule is CC(C)c1[nH]nc(C(=O)NC2CCSCC2)c1N. The van der Waals surface area contributed by atoms with E-state index in [0.29, 0.717) is 11.4 Å². The highest BCUT2D eigenvalue weighted by atomic mass is 32.2. The standard InChI is InChI=1S/C12H20N4OS/c1-7(2)10-9(13)11(16-15-10)12(17)14-8-3-5-18-6-4-8/h7-8H,3-6,13H2,1-2H3,(H,14,17)(H,15,16).